The van der Waals surface area contributed by atoms with Crippen LogP contribution in [0.25, 0.3) is 0 Å². The summed E-state index contributed by atoms with van der Waals surface area (Å²) < 4.78 is 27.5. The summed E-state index contributed by atoms with van der Waals surface area (Å²) in [6.07, 6.45) is 0. The van der Waals surface area contributed by atoms with Gasteiger partial charge in [0.1, 0.15) is 4.21 Å². The summed E-state index contributed by atoms with van der Waals surface area (Å²) in [6.45, 7) is 5.86. The van der Waals surface area contributed by atoms with E-state index in [4.69, 9.17) is 29.6 Å². The number of nitrogens with two attached hydrogens (primary N) is 1. The Balaban J connectivity index is 2.09. The van der Waals surface area contributed by atoms with Gasteiger partial charge in [0.05, 0.1) is 15.4 Å². The molecule has 1 aliphatic rings. The topological polar surface area (TPSA) is 66.6 Å². The second kappa shape index (κ2) is 6.47. The van der Waals surface area contributed by atoms with E-state index in [-0.39, 0.29) is 6.04 Å². The molecule has 0 aliphatic carbocycles. The quantitative estimate of drug-likeness (QED) is 0.820. The molecule has 0 spiro atoms. The van der Waals surface area contributed by atoms with Crippen molar-refractivity contribution in [1.29, 1.82) is 0 Å². The van der Waals surface area contributed by atoms with Gasteiger partial charge in [-0.3, -0.25) is 4.90 Å². The number of nitrogens with zero attached hydrogens (tertiary/aromatic N) is 2. The standard InChI is InChI=1S/C12H18ClN3O2S3/c1-8-7-10(20-11(8)13)21(17,18)16-5-3-15(4-6-16)9(2)12(14)19/h7,9H,3-6H2,1-2H3,(H2,14,19). The number of hydrogen-bond acceptors (Lipinski definition) is 5. The van der Waals surface area contributed by atoms with Gasteiger partial charge >= 0.3 is 0 Å². The fourth-order valence-corrected chi connectivity index (χ4v) is 5.63. The molecule has 0 radical (unpaired) electrons. The van der Waals surface area contributed by atoms with Crippen LogP contribution in [0.1, 0.15) is 12.5 Å². The molecule has 1 saturated heterocycles. The Morgan fingerprint density at radius 3 is 2.43 bits per heavy atom. The molecule has 0 amide bonds. The molecule has 1 unspecified atom stereocenters. The molecule has 2 N–H and O–H groups in total. The van der Waals surface area contributed by atoms with E-state index >= 15 is 0 Å². The van der Waals surface area contributed by atoms with Crippen LogP contribution in [0.3, 0.4) is 0 Å². The molecule has 1 aromatic heterocycles. The number of thiophene rings is 1. The first-order valence-electron chi connectivity index (χ1n) is 6.53. The highest BCUT2D eigenvalue weighted by Crippen LogP contribution is 2.32. The number of thiocarbonyl (C=S) groups is 1. The average molecular weight is 368 g/mol. The van der Waals surface area contributed by atoms with Crippen molar-refractivity contribution in [3.63, 3.8) is 0 Å². The smallest absolute Gasteiger partial charge is 0.252 e. The second-order valence-electron chi connectivity index (χ2n) is 5.04. The maximum absolute atomic E-state index is 12.6. The third-order valence-corrected chi connectivity index (χ3v) is 7.91. The van der Waals surface area contributed by atoms with Gasteiger partial charge in [-0.2, -0.15) is 4.31 Å². The van der Waals surface area contributed by atoms with E-state index in [2.05, 4.69) is 4.90 Å². The van der Waals surface area contributed by atoms with Gasteiger partial charge in [0.25, 0.3) is 10.0 Å². The summed E-state index contributed by atoms with van der Waals surface area (Å²) in [4.78, 5) is 2.54. The van der Waals surface area contributed by atoms with Crippen molar-refractivity contribution in [2.45, 2.75) is 24.1 Å². The lowest BCUT2D eigenvalue weighted by Crippen LogP contribution is -2.53. The predicted molar refractivity (Wildman–Crippen MR) is 90.6 cm³/mol. The van der Waals surface area contributed by atoms with Crippen molar-refractivity contribution in [2.24, 2.45) is 5.73 Å². The Kier molecular flexibility index (Phi) is 5.27. The summed E-state index contributed by atoms with van der Waals surface area (Å²) in [5, 5.41) is 0. The van der Waals surface area contributed by atoms with Crippen molar-refractivity contribution < 1.29 is 8.42 Å². The SMILES string of the molecule is Cc1cc(S(=O)(=O)N2CCN(C(C)C(N)=S)CC2)sc1Cl. The summed E-state index contributed by atoms with van der Waals surface area (Å²) in [5.74, 6) is 0. The Morgan fingerprint density at radius 2 is 2.00 bits per heavy atom. The van der Waals surface area contributed by atoms with Crippen LogP contribution in [0.4, 0.5) is 0 Å². The number of aryl methyl sites for hydroxylation is 1. The molecule has 1 aromatic rings. The number of halogens is 1. The lowest BCUT2D eigenvalue weighted by atomic mass is 10.2. The normalized spacial score (nSPS) is 19.6. The molecular weight excluding hydrogens is 350 g/mol. The highest BCUT2D eigenvalue weighted by atomic mass is 35.5. The van der Waals surface area contributed by atoms with Crippen molar-refractivity contribution in [1.82, 2.24) is 9.21 Å². The molecule has 118 valence electrons. The summed E-state index contributed by atoms with van der Waals surface area (Å²) in [7, 11) is -3.46. The van der Waals surface area contributed by atoms with Crippen LogP contribution in [-0.2, 0) is 10.0 Å². The van der Waals surface area contributed by atoms with Crippen LogP contribution in [0.2, 0.25) is 4.34 Å². The zero-order chi connectivity index (χ0) is 15.8. The lowest BCUT2D eigenvalue weighted by Gasteiger charge is -2.36. The van der Waals surface area contributed by atoms with E-state index in [0.29, 0.717) is 39.7 Å². The molecule has 1 atom stereocenters. The highest BCUT2D eigenvalue weighted by Gasteiger charge is 2.31. The monoisotopic (exact) mass is 367 g/mol. The summed E-state index contributed by atoms with van der Waals surface area (Å²) in [6, 6.07) is 1.62. The Morgan fingerprint density at radius 1 is 1.43 bits per heavy atom. The van der Waals surface area contributed by atoms with Gasteiger partial charge in [-0.1, -0.05) is 23.8 Å². The van der Waals surface area contributed by atoms with E-state index in [1.165, 1.54) is 4.31 Å². The molecule has 21 heavy (non-hydrogen) atoms. The largest absolute Gasteiger partial charge is 0.392 e. The number of piperazine rings is 1. The molecule has 2 heterocycles. The molecule has 1 fully saturated rings. The maximum atomic E-state index is 12.6. The molecule has 9 heteroatoms. The van der Waals surface area contributed by atoms with E-state index in [0.717, 1.165) is 16.9 Å². The minimum atomic E-state index is -3.46. The first-order chi connectivity index (χ1) is 9.73. The zero-order valence-corrected chi connectivity index (χ0v) is 15.1. The van der Waals surface area contributed by atoms with Gasteiger partial charge in [-0.25, -0.2) is 8.42 Å². The van der Waals surface area contributed by atoms with Crippen molar-refractivity contribution in [2.75, 3.05) is 26.2 Å². The van der Waals surface area contributed by atoms with Gasteiger partial charge in [0.15, 0.2) is 0 Å². The minimum Gasteiger partial charge on any atom is -0.392 e. The second-order valence-corrected chi connectivity index (χ2v) is 9.33. The third-order valence-electron chi connectivity index (χ3n) is 3.66. The molecular formula is C12H18ClN3O2S3. The fourth-order valence-electron chi connectivity index (χ4n) is 2.20. The fraction of sp³-hybridized carbons (Fsp3) is 0.583. The van der Waals surface area contributed by atoms with E-state index in [1.54, 1.807) is 13.0 Å². The molecule has 0 saturated carbocycles. The van der Waals surface area contributed by atoms with Crippen LogP contribution >= 0.6 is 35.2 Å². The van der Waals surface area contributed by atoms with E-state index < -0.39 is 10.0 Å². The van der Waals surface area contributed by atoms with E-state index in [9.17, 15) is 8.42 Å². The number of rotatable bonds is 4. The average Bonchev–Trinajstić information content (AvgIpc) is 2.78. The van der Waals surface area contributed by atoms with Gasteiger partial charge in [-0.05, 0) is 25.5 Å². The van der Waals surface area contributed by atoms with E-state index in [1.807, 2.05) is 6.92 Å². The van der Waals surface area contributed by atoms with Crippen molar-refractivity contribution in [3.8, 4) is 0 Å². The number of sulfonamides is 1. The Hall–Kier alpha value is -0.250. The predicted octanol–water partition coefficient (Wildman–Crippen LogP) is 1.69. The van der Waals surface area contributed by atoms with Crippen LogP contribution in [-0.4, -0.2) is 54.8 Å². The Labute approximate surface area is 139 Å². The zero-order valence-electron chi connectivity index (χ0n) is 11.9. The van der Waals surface area contributed by atoms with Gasteiger partial charge in [0, 0.05) is 26.2 Å². The lowest BCUT2D eigenvalue weighted by molar-refractivity contribution is 0.175. The van der Waals surface area contributed by atoms with Gasteiger partial charge < -0.3 is 5.73 Å². The third kappa shape index (κ3) is 3.57. The summed E-state index contributed by atoms with van der Waals surface area (Å²) >= 11 is 12.1. The van der Waals surface area contributed by atoms with Crippen molar-refractivity contribution in [3.05, 3.63) is 16.0 Å². The van der Waals surface area contributed by atoms with Crippen LogP contribution in [0.15, 0.2) is 10.3 Å². The van der Waals surface area contributed by atoms with Crippen LogP contribution < -0.4 is 5.73 Å². The van der Waals surface area contributed by atoms with Crippen LogP contribution in [0.5, 0.6) is 0 Å². The first kappa shape index (κ1) is 17.1. The maximum Gasteiger partial charge on any atom is 0.252 e. The molecule has 2 rings (SSSR count). The van der Waals surface area contributed by atoms with Crippen molar-refractivity contribution >= 4 is 50.2 Å². The number of hydrogen-bond donors (Lipinski definition) is 1. The summed E-state index contributed by atoms with van der Waals surface area (Å²) in [5.41, 5.74) is 6.44. The van der Waals surface area contributed by atoms with Gasteiger partial charge in [-0.15, -0.1) is 11.3 Å². The van der Waals surface area contributed by atoms with Gasteiger partial charge in [0.2, 0.25) is 0 Å². The van der Waals surface area contributed by atoms with Crippen LogP contribution in [0, 0.1) is 6.92 Å². The highest BCUT2D eigenvalue weighted by molar-refractivity contribution is 7.91. The molecule has 0 bridgehead atoms. The molecule has 5 nitrogen and oxygen atoms in total. The molecule has 1 aliphatic heterocycles. The molecule has 0 aromatic carbocycles. The Bertz CT molecular complexity index is 617. The minimum absolute atomic E-state index is 0.0109. The first-order valence-corrected chi connectivity index (χ1v) is 9.57.